The molecule has 2 aromatic heterocycles. The summed E-state index contributed by atoms with van der Waals surface area (Å²) in [5, 5.41) is 0.986. The number of hydrogen-bond donors (Lipinski definition) is 4. The van der Waals surface area contributed by atoms with Crippen LogP contribution < -0.4 is 5.73 Å². The molecule has 0 atom stereocenters. The number of amides is 1. The van der Waals surface area contributed by atoms with Crippen LogP contribution in [0.3, 0.4) is 0 Å². The van der Waals surface area contributed by atoms with E-state index in [1.54, 1.807) is 11.3 Å². The van der Waals surface area contributed by atoms with Gasteiger partial charge in [-0.05, 0) is 61.1 Å². The molecule has 3 aromatic rings. The molecule has 1 amide bonds. The van der Waals surface area contributed by atoms with Crippen LogP contribution in [0, 0.1) is 0 Å². The second-order valence-corrected chi connectivity index (χ2v) is 11.0. The SMILES string of the molecule is CCOCc1ccc(-c2cc(C(N)=O)c3[nH]cc(C4CCS(O)(O)CC4)c3c2)s1. The fraction of sp³-hybridized carbons (Fsp3) is 0.381. The number of aromatic amines is 1. The number of aromatic nitrogens is 1. The van der Waals surface area contributed by atoms with E-state index < -0.39 is 16.5 Å². The Morgan fingerprint density at radius 3 is 2.76 bits per heavy atom. The molecule has 1 fully saturated rings. The van der Waals surface area contributed by atoms with Crippen molar-refractivity contribution >= 4 is 38.7 Å². The maximum Gasteiger partial charge on any atom is 0.250 e. The van der Waals surface area contributed by atoms with Gasteiger partial charge in [-0.1, -0.05) is 0 Å². The summed E-state index contributed by atoms with van der Waals surface area (Å²) in [7, 11) is -2.43. The first-order valence-corrected chi connectivity index (χ1v) is 12.4. The molecule has 4 rings (SSSR count). The summed E-state index contributed by atoms with van der Waals surface area (Å²) in [6.45, 7) is 3.22. The highest BCUT2D eigenvalue weighted by molar-refractivity contribution is 8.24. The van der Waals surface area contributed by atoms with Crippen LogP contribution in [-0.4, -0.2) is 38.1 Å². The van der Waals surface area contributed by atoms with Gasteiger partial charge < -0.3 is 15.5 Å². The number of thiophene rings is 1. The van der Waals surface area contributed by atoms with E-state index in [9.17, 15) is 13.9 Å². The maximum absolute atomic E-state index is 12.1. The average Bonchev–Trinajstić information content (AvgIpc) is 3.32. The molecule has 0 saturated carbocycles. The Kier molecular flexibility index (Phi) is 5.72. The molecule has 1 aromatic carbocycles. The van der Waals surface area contributed by atoms with E-state index in [1.165, 1.54) is 0 Å². The molecular weight excluding hydrogens is 408 g/mol. The molecule has 0 radical (unpaired) electrons. The van der Waals surface area contributed by atoms with Gasteiger partial charge in [-0.2, -0.15) is 10.6 Å². The summed E-state index contributed by atoms with van der Waals surface area (Å²) in [6.07, 6.45) is 3.39. The standard InChI is InChI=1S/C21H26N2O4S2/c1-2-27-12-15-3-4-19(28-15)14-9-16-18(13-5-7-29(25,26)8-6-13)11-23-20(16)17(10-14)21(22)24/h3-4,9-11,13,23,25-26H,2,5-8,12H2,1H3,(H2,22,24). The van der Waals surface area contributed by atoms with Gasteiger partial charge in [0, 0.05) is 39.4 Å². The number of nitrogens with one attached hydrogen (secondary N) is 1. The van der Waals surface area contributed by atoms with Gasteiger partial charge in [0.1, 0.15) is 0 Å². The average molecular weight is 435 g/mol. The fourth-order valence-corrected chi connectivity index (χ4v) is 6.42. The Morgan fingerprint density at radius 2 is 2.07 bits per heavy atom. The minimum atomic E-state index is -2.43. The summed E-state index contributed by atoms with van der Waals surface area (Å²) in [6, 6.07) is 8.05. The number of benzene rings is 1. The van der Waals surface area contributed by atoms with E-state index in [0.717, 1.165) is 44.6 Å². The van der Waals surface area contributed by atoms with Crippen LogP contribution >= 0.6 is 21.9 Å². The lowest BCUT2D eigenvalue weighted by molar-refractivity contribution is 0.100. The second kappa shape index (κ2) is 8.12. The van der Waals surface area contributed by atoms with Crippen molar-refractivity contribution in [3.8, 4) is 10.4 Å². The summed E-state index contributed by atoms with van der Waals surface area (Å²) < 4.78 is 25.4. The smallest absolute Gasteiger partial charge is 0.250 e. The first-order valence-electron chi connectivity index (χ1n) is 9.73. The summed E-state index contributed by atoms with van der Waals surface area (Å²) in [5.74, 6) is 0.627. The van der Waals surface area contributed by atoms with E-state index in [1.807, 2.05) is 31.3 Å². The number of carbonyl (C=O) groups is 1. The predicted octanol–water partition coefficient (Wildman–Crippen LogP) is 5.16. The van der Waals surface area contributed by atoms with Crippen molar-refractivity contribution < 1.29 is 18.6 Å². The Morgan fingerprint density at radius 1 is 1.31 bits per heavy atom. The van der Waals surface area contributed by atoms with E-state index in [0.29, 0.717) is 30.3 Å². The highest BCUT2D eigenvalue weighted by Crippen LogP contribution is 2.49. The lowest BCUT2D eigenvalue weighted by atomic mass is 9.91. The van der Waals surface area contributed by atoms with E-state index >= 15 is 0 Å². The van der Waals surface area contributed by atoms with E-state index in [-0.39, 0.29) is 5.92 Å². The van der Waals surface area contributed by atoms with E-state index in [4.69, 9.17) is 10.5 Å². The topological polar surface area (TPSA) is 109 Å². The van der Waals surface area contributed by atoms with Crippen LogP contribution in [0.15, 0.2) is 30.5 Å². The normalized spacial score (nSPS) is 18.2. The quantitative estimate of drug-likeness (QED) is 0.430. The number of H-pyrrole nitrogens is 1. The highest BCUT2D eigenvalue weighted by Gasteiger charge is 2.27. The number of hydrogen-bond acceptors (Lipinski definition) is 5. The molecule has 0 bridgehead atoms. The Bertz CT molecular complexity index is 1030. The van der Waals surface area contributed by atoms with Crippen molar-refractivity contribution in [2.24, 2.45) is 5.73 Å². The third kappa shape index (κ3) is 4.22. The summed E-state index contributed by atoms with van der Waals surface area (Å²) in [4.78, 5) is 17.6. The van der Waals surface area contributed by atoms with Crippen LogP contribution in [0.5, 0.6) is 0 Å². The number of nitrogens with two attached hydrogens (primary N) is 1. The monoisotopic (exact) mass is 434 g/mol. The van der Waals surface area contributed by atoms with Crippen LogP contribution in [0.4, 0.5) is 0 Å². The maximum atomic E-state index is 12.1. The minimum Gasteiger partial charge on any atom is -0.376 e. The van der Waals surface area contributed by atoms with Crippen molar-refractivity contribution in [1.29, 1.82) is 0 Å². The molecule has 1 aliphatic heterocycles. The molecule has 29 heavy (non-hydrogen) atoms. The first kappa shape index (κ1) is 20.4. The van der Waals surface area contributed by atoms with Gasteiger partial charge in [-0.15, -0.1) is 11.3 Å². The van der Waals surface area contributed by atoms with Gasteiger partial charge in [0.25, 0.3) is 5.91 Å². The van der Waals surface area contributed by atoms with Gasteiger partial charge in [-0.25, -0.2) is 0 Å². The van der Waals surface area contributed by atoms with Gasteiger partial charge >= 0.3 is 0 Å². The first-order chi connectivity index (χ1) is 13.9. The third-order valence-electron chi connectivity index (χ3n) is 5.51. The van der Waals surface area contributed by atoms with Gasteiger partial charge in [0.15, 0.2) is 0 Å². The minimum absolute atomic E-state index is 0.233. The molecule has 0 unspecified atom stereocenters. The van der Waals surface area contributed by atoms with Crippen molar-refractivity contribution in [2.75, 3.05) is 18.1 Å². The van der Waals surface area contributed by atoms with Gasteiger partial charge in [-0.3, -0.25) is 13.9 Å². The van der Waals surface area contributed by atoms with Crippen molar-refractivity contribution in [1.82, 2.24) is 4.98 Å². The van der Waals surface area contributed by atoms with Gasteiger partial charge in [0.2, 0.25) is 0 Å². The fourth-order valence-electron chi connectivity index (χ4n) is 3.96. The van der Waals surface area contributed by atoms with Crippen LogP contribution in [0.25, 0.3) is 21.3 Å². The third-order valence-corrected chi connectivity index (χ3v) is 8.39. The molecule has 0 spiro atoms. The Labute approximate surface area is 175 Å². The van der Waals surface area contributed by atoms with E-state index in [2.05, 4.69) is 11.1 Å². The summed E-state index contributed by atoms with van der Waals surface area (Å²) >= 11 is 1.65. The molecular formula is C21H26N2O4S2. The zero-order chi connectivity index (χ0) is 20.6. The zero-order valence-electron chi connectivity index (χ0n) is 16.3. The largest absolute Gasteiger partial charge is 0.376 e. The molecule has 156 valence electrons. The number of rotatable bonds is 6. The lowest BCUT2D eigenvalue weighted by Gasteiger charge is -2.39. The van der Waals surface area contributed by atoms with Crippen molar-refractivity contribution in [3.05, 3.63) is 46.5 Å². The Hall–Kier alpha value is -1.84. The van der Waals surface area contributed by atoms with Crippen molar-refractivity contribution in [3.63, 3.8) is 0 Å². The zero-order valence-corrected chi connectivity index (χ0v) is 17.9. The lowest BCUT2D eigenvalue weighted by Crippen LogP contribution is -2.19. The predicted molar refractivity (Wildman–Crippen MR) is 120 cm³/mol. The van der Waals surface area contributed by atoms with Crippen molar-refractivity contribution in [2.45, 2.75) is 32.3 Å². The molecule has 8 heteroatoms. The number of carbonyl (C=O) groups excluding carboxylic acids is 1. The number of primary amides is 1. The molecule has 3 heterocycles. The molecule has 1 aliphatic rings. The molecule has 5 N–H and O–H groups in total. The molecule has 0 aliphatic carbocycles. The van der Waals surface area contributed by atoms with Crippen LogP contribution in [0.1, 0.15) is 46.5 Å². The molecule has 6 nitrogen and oxygen atoms in total. The Balaban J connectivity index is 1.74. The highest BCUT2D eigenvalue weighted by atomic mass is 32.3. The molecule has 1 saturated heterocycles. The second-order valence-electron chi connectivity index (χ2n) is 7.44. The van der Waals surface area contributed by atoms with Crippen LogP contribution in [-0.2, 0) is 11.3 Å². The van der Waals surface area contributed by atoms with Gasteiger partial charge in [0.05, 0.1) is 17.7 Å². The number of ether oxygens (including phenoxy) is 1. The van der Waals surface area contributed by atoms with Crippen LogP contribution in [0.2, 0.25) is 0 Å². The number of fused-ring (bicyclic) bond motifs is 1. The summed E-state index contributed by atoms with van der Waals surface area (Å²) in [5.41, 5.74) is 8.98.